The normalized spacial score (nSPS) is 19.8. The summed E-state index contributed by atoms with van der Waals surface area (Å²) in [7, 11) is -3.80. The summed E-state index contributed by atoms with van der Waals surface area (Å²) < 4.78 is 38.3. The second-order valence-electron chi connectivity index (χ2n) is 5.43. The Hall–Kier alpha value is -2.29. The van der Waals surface area contributed by atoms with Crippen LogP contribution in [0.25, 0.3) is 0 Å². The zero-order valence-electron chi connectivity index (χ0n) is 13.6. The van der Waals surface area contributed by atoms with Crippen molar-refractivity contribution in [3.63, 3.8) is 0 Å². The fraction of sp³-hybridized carbons (Fsp3) is 0.467. The number of nitrogens with zero attached hydrogens (tertiary/aromatic N) is 3. The average molecular weight is 352 g/mol. The van der Waals surface area contributed by atoms with Gasteiger partial charge in [0.15, 0.2) is 11.5 Å². The Morgan fingerprint density at radius 2 is 2.17 bits per heavy atom. The molecule has 1 N–H and O–H groups in total. The van der Waals surface area contributed by atoms with Gasteiger partial charge in [-0.05, 0) is 25.5 Å². The van der Waals surface area contributed by atoms with Crippen LogP contribution in [0.1, 0.15) is 20.3 Å². The predicted octanol–water partition coefficient (Wildman–Crippen LogP) is 1.40. The Labute approximate surface area is 141 Å². The van der Waals surface area contributed by atoms with E-state index in [4.69, 9.17) is 9.47 Å². The zero-order chi connectivity index (χ0) is 17.2. The topological polar surface area (TPSA) is 92.6 Å². The van der Waals surface area contributed by atoms with Gasteiger partial charge in [0, 0.05) is 24.7 Å². The molecule has 0 unspecified atom stereocenters. The van der Waals surface area contributed by atoms with Crippen LogP contribution in [0.5, 0.6) is 11.5 Å². The van der Waals surface area contributed by atoms with Crippen molar-refractivity contribution in [2.24, 2.45) is 16.0 Å². The summed E-state index contributed by atoms with van der Waals surface area (Å²) in [4.78, 5) is 4.33. The first-order valence-corrected chi connectivity index (χ1v) is 9.30. The number of fused-ring (bicyclic) bond motifs is 1. The number of nitrogens with one attached hydrogen (secondary N) is 1. The molecule has 9 heteroatoms. The molecule has 0 bridgehead atoms. The summed E-state index contributed by atoms with van der Waals surface area (Å²) in [6.45, 7) is 5.05. The summed E-state index contributed by atoms with van der Waals surface area (Å²) >= 11 is 0. The van der Waals surface area contributed by atoms with E-state index in [0.717, 1.165) is 6.42 Å². The van der Waals surface area contributed by atoms with Gasteiger partial charge in [0.2, 0.25) is 12.8 Å². The molecule has 1 atom stereocenters. The predicted molar refractivity (Wildman–Crippen MR) is 89.8 cm³/mol. The molecule has 3 rings (SSSR count). The molecule has 0 saturated heterocycles. The molecule has 1 aromatic carbocycles. The molecule has 2 aliphatic heterocycles. The van der Waals surface area contributed by atoms with Gasteiger partial charge in [-0.2, -0.15) is 5.10 Å². The van der Waals surface area contributed by atoms with Crippen molar-refractivity contribution in [3.8, 4) is 11.5 Å². The summed E-state index contributed by atoms with van der Waals surface area (Å²) in [6.07, 6.45) is 2.76. The summed E-state index contributed by atoms with van der Waals surface area (Å²) in [6, 6.07) is 4.49. The van der Waals surface area contributed by atoms with Gasteiger partial charge in [0.1, 0.15) is 0 Å². The maximum Gasteiger partial charge on any atom is 0.264 e. The molecule has 0 fully saturated rings. The van der Waals surface area contributed by atoms with Gasteiger partial charge >= 0.3 is 0 Å². The highest BCUT2D eigenvalue weighted by atomic mass is 32.2. The number of hydrogen-bond acceptors (Lipinski definition) is 6. The van der Waals surface area contributed by atoms with Crippen molar-refractivity contribution in [1.29, 1.82) is 0 Å². The number of hydrogen-bond donors (Lipinski definition) is 1. The van der Waals surface area contributed by atoms with Gasteiger partial charge in [-0.3, -0.25) is 4.99 Å². The summed E-state index contributed by atoms with van der Waals surface area (Å²) in [5.74, 6) is 1.47. The minimum absolute atomic E-state index is 0.0887. The standard InChI is InChI=1S/C15H20N4O4S/c1-3-11-8-17-19(9-11)15(16-4-2)18-24(20,21)12-5-6-13-14(7-12)23-10-22-13/h5-8,11H,3-4,9-10H2,1-2H3,(H,16,18)/t11-/m1/s1. The molecule has 130 valence electrons. The molecule has 0 amide bonds. The highest BCUT2D eigenvalue weighted by Gasteiger charge is 2.26. The number of rotatable bonds is 4. The van der Waals surface area contributed by atoms with Gasteiger partial charge in [0.05, 0.1) is 11.4 Å². The number of benzene rings is 1. The Kier molecular flexibility index (Phi) is 4.61. The summed E-state index contributed by atoms with van der Waals surface area (Å²) in [5.41, 5.74) is 0. The Morgan fingerprint density at radius 1 is 1.38 bits per heavy atom. The maximum absolute atomic E-state index is 12.7. The Balaban J connectivity index is 1.81. The first-order valence-electron chi connectivity index (χ1n) is 7.82. The van der Waals surface area contributed by atoms with Gasteiger partial charge in [-0.15, -0.1) is 0 Å². The number of sulfonamides is 1. The molecule has 2 aliphatic rings. The molecule has 8 nitrogen and oxygen atoms in total. The molecule has 0 aliphatic carbocycles. The zero-order valence-corrected chi connectivity index (χ0v) is 14.4. The van der Waals surface area contributed by atoms with E-state index in [2.05, 4.69) is 21.7 Å². The third-order valence-electron chi connectivity index (χ3n) is 3.78. The monoisotopic (exact) mass is 352 g/mol. The molecule has 0 spiro atoms. The van der Waals surface area contributed by atoms with Crippen LogP contribution in [0.4, 0.5) is 0 Å². The molecule has 0 saturated carbocycles. The van der Waals surface area contributed by atoms with E-state index in [0.29, 0.717) is 30.5 Å². The molecular formula is C15H20N4O4S. The SMILES string of the molecule is CCN=C(NS(=O)(=O)c1ccc2c(c1)OCO2)N1C[C@H](CC)C=N1. The first kappa shape index (κ1) is 16.6. The second-order valence-corrected chi connectivity index (χ2v) is 7.12. The fourth-order valence-electron chi connectivity index (χ4n) is 2.41. The van der Waals surface area contributed by atoms with Crippen molar-refractivity contribution in [2.45, 2.75) is 25.2 Å². The largest absolute Gasteiger partial charge is 0.454 e. The average Bonchev–Trinajstić information content (AvgIpc) is 3.22. The van der Waals surface area contributed by atoms with Gasteiger partial charge < -0.3 is 9.47 Å². The molecular weight excluding hydrogens is 332 g/mol. The van der Waals surface area contributed by atoms with Crippen molar-refractivity contribution in [2.75, 3.05) is 19.9 Å². The Morgan fingerprint density at radius 3 is 2.88 bits per heavy atom. The van der Waals surface area contributed by atoms with Gasteiger partial charge in [-0.25, -0.2) is 18.1 Å². The number of hydrazone groups is 1. The number of ether oxygens (including phenoxy) is 2. The van der Waals surface area contributed by atoms with Crippen LogP contribution in [-0.2, 0) is 10.0 Å². The fourth-order valence-corrected chi connectivity index (χ4v) is 3.44. The number of aliphatic imine (C=N–C) groups is 1. The van der Waals surface area contributed by atoms with E-state index >= 15 is 0 Å². The van der Waals surface area contributed by atoms with Crippen LogP contribution in [-0.4, -0.2) is 45.5 Å². The van der Waals surface area contributed by atoms with E-state index in [-0.39, 0.29) is 17.6 Å². The minimum atomic E-state index is -3.80. The molecule has 0 aromatic heterocycles. The van der Waals surface area contributed by atoms with Crippen LogP contribution in [0.3, 0.4) is 0 Å². The van der Waals surface area contributed by atoms with E-state index in [1.54, 1.807) is 11.1 Å². The van der Waals surface area contributed by atoms with E-state index in [1.807, 2.05) is 13.1 Å². The lowest BCUT2D eigenvalue weighted by atomic mass is 10.1. The second kappa shape index (κ2) is 6.68. The van der Waals surface area contributed by atoms with E-state index in [9.17, 15) is 8.42 Å². The van der Waals surface area contributed by atoms with Crippen LogP contribution in [0, 0.1) is 5.92 Å². The first-order chi connectivity index (χ1) is 11.5. The van der Waals surface area contributed by atoms with Crippen molar-refractivity contribution in [3.05, 3.63) is 18.2 Å². The lowest BCUT2D eigenvalue weighted by Crippen LogP contribution is -2.41. The minimum Gasteiger partial charge on any atom is -0.454 e. The molecule has 2 heterocycles. The molecule has 24 heavy (non-hydrogen) atoms. The van der Waals surface area contributed by atoms with Gasteiger partial charge in [0.25, 0.3) is 10.0 Å². The molecule has 0 radical (unpaired) electrons. The third-order valence-corrected chi connectivity index (χ3v) is 5.11. The third kappa shape index (κ3) is 3.30. The van der Waals surface area contributed by atoms with Crippen LogP contribution >= 0.6 is 0 Å². The van der Waals surface area contributed by atoms with Crippen molar-refractivity contribution >= 4 is 22.2 Å². The van der Waals surface area contributed by atoms with E-state index in [1.165, 1.54) is 12.1 Å². The summed E-state index contributed by atoms with van der Waals surface area (Å²) in [5, 5.41) is 5.83. The van der Waals surface area contributed by atoms with Crippen LogP contribution in [0.15, 0.2) is 33.2 Å². The lowest BCUT2D eigenvalue weighted by Gasteiger charge is -2.19. The van der Waals surface area contributed by atoms with Crippen molar-refractivity contribution < 1.29 is 17.9 Å². The van der Waals surface area contributed by atoms with Crippen LogP contribution < -0.4 is 14.2 Å². The van der Waals surface area contributed by atoms with Crippen molar-refractivity contribution in [1.82, 2.24) is 9.73 Å². The smallest absolute Gasteiger partial charge is 0.264 e. The van der Waals surface area contributed by atoms with Crippen LogP contribution in [0.2, 0.25) is 0 Å². The molecule has 1 aromatic rings. The Bertz CT molecular complexity index is 776. The lowest BCUT2D eigenvalue weighted by molar-refractivity contribution is 0.174. The van der Waals surface area contributed by atoms with E-state index < -0.39 is 10.0 Å². The quantitative estimate of drug-likeness (QED) is 0.653. The highest BCUT2D eigenvalue weighted by molar-refractivity contribution is 7.90. The highest BCUT2D eigenvalue weighted by Crippen LogP contribution is 2.33. The van der Waals surface area contributed by atoms with Gasteiger partial charge in [-0.1, -0.05) is 6.92 Å². The number of guanidine groups is 1. The maximum atomic E-state index is 12.7.